The third kappa shape index (κ3) is 5.55. The molecule has 0 unspecified atom stereocenters. The molecule has 0 fully saturated rings. The van der Waals surface area contributed by atoms with Gasteiger partial charge in [-0.15, -0.1) is 0 Å². The number of ether oxygens (including phenoxy) is 2. The van der Waals surface area contributed by atoms with Gasteiger partial charge < -0.3 is 9.47 Å². The van der Waals surface area contributed by atoms with E-state index in [9.17, 15) is 12.8 Å². The van der Waals surface area contributed by atoms with Crippen molar-refractivity contribution in [1.82, 2.24) is 4.83 Å². The summed E-state index contributed by atoms with van der Waals surface area (Å²) in [5.74, 6) is 0.642. The average molecular weight is 414 g/mol. The second kappa shape index (κ2) is 9.20. The van der Waals surface area contributed by atoms with Crippen LogP contribution >= 0.6 is 0 Å². The van der Waals surface area contributed by atoms with Crippen LogP contribution in [-0.4, -0.2) is 21.7 Å². The van der Waals surface area contributed by atoms with Gasteiger partial charge in [0.15, 0.2) is 11.5 Å². The molecule has 1 N–H and O–H groups in total. The summed E-state index contributed by atoms with van der Waals surface area (Å²) in [6.45, 7) is 0.220. The largest absolute Gasteiger partial charge is 0.493 e. The Balaban J connectivity index is 1.70. The van der Waals surface area contributed by atoms with Crippen molar-refractivity contribution in [3.05, 3.63) is 89.7 Å². The van der Waals surface area contributed by atoms with Crippen LogP contribution in [0.1, 0.15) is 11.1 Å². The van der Waals surface area contributed by atoms with Gasteiger partial charge in [0, 0.05) is 0 Å². The number of hydrogen-bond donors (Lipinski definition) is 1. The Labute approximate surface area is 168 Å². The fourth-order valence-corrected chi connectivity index (χ4v) is 3.26. The molecule has 29 heavy (non-hydrogen) atoms. The summed E-state index contributed by atoms with van der Waals surface area (Å²) < 4.78 is 48.4. The number of halogens is 1. The summed E-state index contributed by atoms with van der Waals surface area (Å²) in [4.78, 5) is 2.29. The third-order valence-electron chi connectivity index (χ3n) is 3.94. The summed E-state index contributed by atoms with van der Waals surface area (Å²) >= 11 is 0. The van der Waals surface area contributed by atoms with Gasteiger partial charge in [0.05, 0.1) is 18.2 Å². The van der Waals surface area contributed by atoms with E-state index in [1.54, 1.807) is 48.5 Å². The van der Waals surface area contributed by atoms with Gasteiger partial charge in [-0.2, -0.15) is 13.5 Å². The molecule has 0 aliphatic carbocycles. The van der Waals surface area contributed by atoms with E-state index < -0.39 is 10.0 Å². The van der Waals surface area contributed by atoms with Gasteiger partial charge in [-0.1, -0.05) is 30.3 Å². The summed E-state index contributed by atoms with van der Waals surface area (Å²) in [5, 5.41) is 3.81. The molecule has 0 amide bonds. The lowest BCUT2D eigenvalue weighted by molar-refractivity contribution is 0.284. The molecule has 0 saturated carbocycles. The van der Waals surface area contributed by atoms with Crippen molar-refractivity contribution in [2.75, 3.05) is 7.11 Å². The molecule has 0 atom stereocenters. The molecule has 6 nitrogen and oxygen atoms in total. The Morgan fingerprint density at radius 3 is 2.41 bits per heavy atom. The number of benzene rings is 3. The van der Waals surface area contributed by atoms with E-state index >= 15 is 0 Å². The molecular weight excluding hydrogens is 395 g/mol. The van der Waals surface area contributed by atoms with E-state index in [0.717, 1.165) is 5.56 Å². The van der Waals surface area contributed by atoms with Crippen LogP contribution in [0, 0.1) is 5.82 Å². The lowest BCUT2D eigenvalue weighted by atomic mass is 10.2. The molecule has 8 heteroatoms. The zero-order valence-electron chi connectivity index (χ0n) is 15.6. The Hall–Kier alpha value is -3.39. The number of methoxy groups -OCH3 is 1. The summed E-state index contributed by atoms with van der Waals surface area (Å²) in [6, 6.07) is 19.0. The van der Waals surface area contributed by atoms with Gasteiger partial charge in [0.1, 0.15) is 12.4 Å². The minimum absolute atomic E-state index is 0.121. The minimum atomic E-state index is -3.74. The van der Waals surface area contributed by atoms with Gasteiger partial charge in [0.2, 0.25) is 0 Å². The molecule has 0 heterocycles. The monoisotopic (exact) mass is 414 g/mol. The first-order valence-corrected chi connectivity index (χ1v) is 10.1. The average Bonchev–Trinajstić information content (AvgIpc) is 2.74. The van der Waals surface area contributed by atoms with E-state index in [-0.39, 0.29) is 17.3 Å². The molecular formula is C21H19FN2O4S. The number of nitrogens with one attached hydrogen (secondary N) is 1. The first-order chi connectivity index (χ1) is 14.0. The second-order valence-electron chi connectivity index (χ2n) is 5.99. The topological polar surface area (TPSA) is 77.0 Å². The van der Waals surface area contributed by atoms with Crippen LogP contribution in [0.2, 0.25) is 0 Å². The van der Waals surface area contributed by atoms with Crippen LogP contribution in [0.25, 0.3) is 0 Å². The first-order valence-electron chi connectivity index (χ1n) is 8.63. The smallest absolute Gasteiger partial charge is 0.276 e. The number of nitrogens with zero attached hydrogens (tertiary/aromatic N) is 1. The molecule has 0 spiro atoms. The lowest BCUT2D eigenvalue weighted by Gasteiger charge is -2.11. The van der Waals surface area contributed by atoms with Gasteiger partial charge >= 0.3 is 0 Å². The molecule has 3 aromatic carbocycles. The molecule has 0 radical (unpaired) electrons. The number of hydrogen-bond acceptors (Lipinski definition) is 5. The van der Waals surface area contributed by atoms with E-state index in [1.165, 1.54) is 37.6 Å². The second-order valence-corrected chi connectivity index (χ2v) is 7.65. The maximum Gasteiger partial charge on any atom is 0.276 e. The quantitative estimate of drug-likeness (QED) is 0.450. The molecule has 3 aromatic rings. The van der Waals surface area contributed by atoms with Crippen LogP contribution in [-0.2, 0) is 16.6 Å². The standard InChI is InChI=1S/C21H19FN2O4S/c1-27-20-12-9-17(13-21(20)28-15-16-7-10-18(22)11-8-16)14-23-24-29(25,26)19-5-3-2-4-6-19/h2-14,24H,15H2,1H3. The van der Waals surface area contributed by atoms with Crippen LogP contribution in [0.5, 0.6) is 11.5 Å². The van der Waals surface area contributed by atoms with Gasteiger partial charge in [-0.25, -0.2) is 9.22 Å². The maximum absolute atomic E-state index is 13.0. The first kappa shape index (κ1) is 20.3. The Morgan fingerprint density at radius 1 is 1.00 bits per heavy atom. The summed E-state index contributed by atoms with van der Waals surface area (Å²) in [7, 11) is -2.22. The highest BCUT2D eigenvalue weighted by molar-refractivity contribution is 7.89. The summed E-state index contributed by atoms with van der Waals surface area (Å²) in [6.07, 6.45) is 1.37. The molecule has 0 aliphatic heterocycles. The highest BCUT2D eigenvalue weighted by Crippen LogP contribution is 2.28. The molecule has 0 saturated heterocycles. The summed E-state index contributed by atoms with van der Waals surface area (Å²) in [5.41, 5.74) is 1.40. The van der Waals surface area contributed by atoms with Crippen molar-refractivity contribution < 1.29 is 22.3 Å². The Kier molecular flexibility index (Phi) is 6.46. The van der Waals surface area contributed by atoms with Crippen molar-refractivity contribution >= 4 is 16.2 Å². The number of sulfonamides is 1. The van der Waals surface area contributed by atoms with Gasteiger partial charge in [-0.05, 0) is 53.6 Å². The van der Waals surface area contributed by atoms with Crippen molar-refractivity contribution in [1.29, 1.82) is 0 Å². The fraction of sp³-hybridized carbons (Fsp3) is 0.0952. The van der Waals surface area contributed by atoms with Crippen molar-refractivity contribution in [2.24, 2.45) is 5.10 Å². The van der Waals surface area contributed by atoms with Crippen LogP contribution in [0.15, 0.2) is 82.8 Å². The van der Waals surface area contributed by atoms with Crippen molar-refractivity contribution in [2.45, 2.75) is 11.5 Å². The van der Waals surface area contributed by atoms with Crippen molar-refractivity contribution in [3.63, 3.8) is 0 Å². The van der Waals surface area contributed by atoms with Crippen LogP contribution in [0.4, 0.5) is 4.39 Å². The van der Waals surface area contributed by atoms with Crippen LogP contribution < -0.4 is 14.3 Å². The van der Waals surface area contributed by atoms with E-state index in [2.05, 4.69) is 9.93 Å². The molecule has 0 aromatic heterocycles. The SMILES string of the molecule is COc1ccc(C=NNS(=O)(=O)c2ccccc2)cc1OCc1ccc(F)cc1. The zero-order valence-corrected chi connectivity index (χ0v) is 16.4. The maximum atomic E-state index is 13.0. The van der Waals surface area contributed by atoms with E-state index in [0.29, 0.717) is 17.1 Å². The van der Waals surface area contributed by atoms with Crippen molar-refractivity contribution in [3.8, 4) is 11.5 Å². The van der Waals surface area contributed by atoms with Gasteiger partial charge in [0.25, 0.3) is 10.0 Å². The number of rotatable bonds is 8. The fourth-order valence-electron chi connectivity index (χ4n) is 2.45. The third-order valence-corrected chi connectivity index (χ3v) is 5.17. The van der Waals surface area contributed by atoms with Crippen LogP contribution in [0.3, 0.4) is 0 Å². The van der Waals surface area contributed by atoms with E-state index in [4.69, 9.17) is 9.47 Å². The Morgan fingerprint density at radius 2 is 1.72 bits per heavy atom. The normalized spacial score (nSPS) is 11.4. The number of hydrazone groups is 1. The lowest BCUT2D eigenvalue weighted by Crippen LogP contribution is -2.18. The molecule has 150 valence electrons. The minimum Gasteiger partial charge on any atom is -0.493 e. The highest BCUT2D eigenvalue weighted by atomic mass is 32.2. The van der Waals surface area contributed by atoms with E-state index in [1.807, 2.05) is 0 Å². The van der Waals surface area contributed by atoms with Gasteiger partial charge in [-0.3, -0.25) is 0 Å². The Bertz CT molecular complexity index is 1090. The highest BCUT2D eigenvalue weighted by Gasteiger charge is 2.11. The molecule has 0 aliphatic rings. The molecule has 3 rings (SSSR count). The predicted octanol–water partition coefficient (Wildman–Crippen LogP) is 3.73. The predicted molar refractivity (Wildman–Crippen MR) is 108 cm³/mol. The molecule has 0 bridgehead atoms. The zero-order chi connectivity index (χ0) is 20.7.